The molecule has 0 aromatic carbocycles. The van der Waals surface area contributed by atoms with Gasteiger partial charge in [-0.1, -0.05) is 20.8 Å². The minimum Gasteiger partial charge on any atom is -0.378 e. The highest BCUT2D eigenvalue weighted by molar-refractivity contribution is 5.83. The van der Waals surface area contributed by atoms with Crippen molar-refractivity contribution in [3.8, 4) is 0 Å². The van der Waals surface area contributed by atoms with E-state index >= 15 is 0 Å². The molecule has 2 saturated heterocycles. The fourth-order valence-corrected chi connectivity index (χ4v) is 3.32. The van der Waals surface area contributed by atoms with E-state index in [2.05, 4.69) is 31.0 Å². The second-order valence-corrected chi connectivity index (χ2v) is 6.39. The molecule has 4 unspecified atom stereocenters. The van der Waals surface area contributed by atoms with Crippen LogP contribution in [0, 0.1) is 11.8 Å². The number of ether oxygens (including phenoxy) is 1. The second-order valence-electron chi connectivity index (χ2n) is 6.39. The van der Waals surface area contributed by atoms with E-state index in [0.29, 0.717) is 17.9 Å². The average Bonchev–Trinajstić information content (AvgIpc) is 2.89. The van der Waals surface area contributed by atoms with Crippen molar-refractivity contribution in [3.05, 3.63) is 0 Å². The number of nitrogens with zero attached hydrogens (tertiary/aromatic N) is 1. The first-order valence-corrected chi connectivity index (χ1v) is 7.71. The summed E-state index contributed by atoms with van der Waals surface area (Å²) in [6.07, 6.45) is 3.71. The van der Waals surface area contributed by atoms with Gasteiger partial charge in [-0.3, -0.25) is 10.1 Å². The monoisotopic (exact) mass is 268 g/mol. The summed E-state index contributed by atoms with van der Waals surface area (Å²) in [6.45, 7) is 10.3. The molecule has 1 amide bonds. The second kappa shape index (κ2) is 6.23. The summed E-state index contributed by atoms with van der Waals surface area (Å²) in [5.41, 5.74) is 0. The third-order valence-corrected chi connectivity index (χ3v) is 4.35. The Labute approximate surface area is 116 Å². The molecule has 110 valence electrons. The Kier molecular flexibility index (Phi) is 4.85. The van der Waals surface area contributed by atoms with Crippen LogP contribution in [-0.2, 0) is 9.53 Å². The Balaban J connectivity index is 2.00. The van der Waals surface area contributed by atoms with Gasteiger partial charge in [-0.2, -0.15) is 0 Å². The molecule has 0 aromatic heterocycles. The maximum absolute atomic E-state index is 12.3. The normalized spacial score (nSPS) is 35.6. The first kappa shape index (κ1) is 14.8. The van der Waals surface area contributed by atoms with Crippen LogP contribution in [0.4, 0.5) is 0 Å². The van der Waals surface area contributed by atoms with Gasteiger partial charge >= 0.3 is 0 Å². The van der Waals surface area contributed by atoms with Crippen LogP contribution in [0.5, 0.6) is 0 Å². The lowest BCUT2D eigenvalue weighted by Crippen LogP contribution is -2.42. The van der Waals surface area contributed by atoms with Gasteiger partial charge in [0.2, 0.25) is 5.91 Å². The van der Waals surface area contributed by atoms with Gasteiger partial charge in [0.05, 0.1) is 18.3 Å². The van der Waals surface area contributed by atoms with Crippen LogP contribution in [-0.4, -0.2) is 42.3 Å². The van der Waals surface area contributed by atoms with Gasteiger partial charge in [0.15, 0.2) is 0 Å². The fourth-order valence-electron chi connectivity index (χ4n) is 3.32. The Bertz CT molecular complexity index is 319. The van der Waals surface area contributed by atoms with Crippen LogP contribution in [0.25, 0.3) is 0 Å². The van der Waals surface area contributed by atoms with Crippen molar-refractivity contribution in [3.63, 3.8) is 0 Å². The molecule has 0 saturated carbocycles. The molecular formula is C15H28N2O2. The molecule has 4 heteroatoms. The molecule has 2 aliphatic rings. The van der Waals surface area contributed by atoms with Gasteiger partial charge in [-0.05, 0) is 32.1 Å². The van der Waals surface area contributed by atoms with Crippen molar-refractivity contribution < 1.29 is 9.53 Å². The maximum atomic E-state index is 12.3. The third kappa shape index (κ3) is 3.29. The Morgan fingerprint density at radius 1 is 1.47 bits per heavy atom. The number of carbonyl (C=O) groups is 1. The van der Waals surface area contributed by atoms with E-state index in [1.54, 1.807) is 0 Å². The van der Waals surface area contributed by atoms with Gasteiger partial charge in [-0.15, -0.1) is 0 Å². The van der Waals surface area contributed by atoms with Crippen LogP contribution in [0.3, 0.4) is 0 Å². The number of carbonyl (C=O) groups excluding carboxylic acids is 1. The lowest BCUT2D eigenvalue weighted by Gasteiger charge is -2.29. The minimum atomic E-state index is -0.0360. The van der Waals surface area contributed by atoms with Crippen molar-refractivity contribution in [1.29, 1.82) is 0 Å². The zero-order valence-electron chi connectivity index (χ0n) is 12.7. The SMILES string of the molecule is CCC1OCCC1CN1C(=O)C(C)NC1CC(C)C. The van der Waals surface area contributed by atoms with Crippen LogP contribution < -0.4 is 5.32 Å². The van der Waals surface area contributed by atoms with E-state index in [1.807, 2.05) is 6.92 Å². The van der Waals surface area contributed by atoms with Gasteiger partial charge in [0, 0.05) is 19.1 Å². The number of rotatable bonds is 5. The maximum Gasteiger partial charge on any atom is 0.240 e. The standard InChI is InChI=1S/C15H28N2O2/c1-5-13-12(6-7-19-13)9-17-14(8-10(2)3)16-11(4)15(17)18/h10-14,16H,5-9H2,1-4H3. The third-order valence-electron chi connectivity index (χ3n) is 4.35. The summed E-state index contributed by atoms with van der Waals surface area (Å²) in [4.78, 5) is 14.4. The predicted octanol–water partition coefficient (Wildman–Crippen LogP) is 1.99. The average molecular weight is 268 g/mol. The molecule has 0 bridgehead atoms. The van der Waals surface area contributed by atoms with Crippen LogP contribution in [0.1, 0.15) is 47.0 Å². The molecule has 4 atom stereocenters. The number of hydrogen-bond acceptors (Lipinski definition) is 3. The van der Waals surface area contributed by atoms with E-state index in [0.717, 1.165) is 32.4 Å². The van der Waals surface area contributed by atoms with Crippen molar-refractivity contribution in [2.75, 3.05) is 13.2 Å². The van der Waals surface area contributed by atoms with Crippen LogP contribution in [0.15, 0.2) is 0 Å². The Hall–Kier alpha value is -0.610. The molecule has 0 spiro atoms. The summed E-state index contributed by atoms with van der Waals surface area (Å²) >= 11 is 0. The largest absolute Gasteiger partial charge is 0.378 e. The van der Waals surface area contributed by atoms with E-state index in [9.17, 15) is 4.79 Å². The first-order valence-electron chi connectivity index (χ1n) is 7.71. The molecule has 19 heavy (non-hydrogen) atoms. The fraction of sp³-hybridized carbons (Fsp3) is 0.933. The molecule has 0 aliphatic carbocycles. The molecule has 0 aromatic rings. The first-order chi connectivity index (χ1) is 9.02. The van der Waals surface area contributed by atoms with Crippen molar-refractivity contribution in [2.24, 2.45) is 11.8 Å². The molecule has 2 rings (SSSR count). The van der Waals surface area contributed by atoms with Crippen molar-refractivity contribution in [2.45, 2.75) is 65.3 Å². The molecule has 4 nitrogen and oxygen atoms in total. The number of nitrogens with one attached hydrogen (secondary N) is 1. The van der Waals surface area contributed by atoms with E-state index in [4.69, 9.17) is 4.74 Å². The predicted molar refractivity (Wildman–Crippen MR) is 75.7 cm³/mol. The van der Waals surface area contributed by atoms with Crippen molar-refractivity contribution >= 4 is 5.91 Å². The summed E-state index contributed by atoms with van der Waals surface area (Å²) in [5.74, 6) is 1.36. The zero-order chi connectivity index (χ0) is 14.0. The topological polar surface area (TPSA) is 41.6 Å². The van der Waals surface area contributed by atoms with Crippen LogP contribution in [0.2, 0.25) is 0 Å². The van der Waals surface area contributed by atoms with E-state index in [1.165, 1.54) is 0 Å². The Morgan fingerprint density at radius 2 is 2.21 bits per heavy atom. The summed E-state index contributed by atoms with van der Waals surface area (Å²) in [5, 5.41) is 3.43. The summed E-state index contributed by atoms with van der Waals surface area (Å²) < 4.78 is 5.75. The molecule has 2 fully saturated rings. The smallest absolute Gasteiger partial charge is 0.240 e. The molecule has 0 radical (unpaired) electrons. The zero-order valence-corrected chi connectivity index (χ0v) is 12.7. The number of hydrogen-bond donors (Lipinski definition) is 1. The van der Waals surface area contributed by atoms with Gasteiger partial charge < -0.3 is 9.64 Å². The molecular weight excluding hydrogens is 240 g/mol. The highest BCUT2D eigenvalue weighted by atomic mass is 16.5. The molecule has 1 N–H and O–H groups in total. The van der Waals surface area contributed by atoms with Crippen molar-refractivity contribution in [1.82, 2.24) is 10.2 Å². The van der Waals surface area contributed by atoms with E-state index < -0.39 is 0 Å². The molecule has 2 heterocycles. The highest BCUT2D eigenvalue weighted by Gasteiger charge is 2.39. The quantitative estimate of drug-likeness (QED) is 0.829. The highest BCUT2D eigenvalue weighted by Crippen LogP contribution is 2.27. The van der Waals surface area contributed by atoms with Gasteiger partial charge in [0.25, 0.3) is 0 Å². The Morgan fingerprint density at radius 3 is 2.84 bits per heavy atom. The van der Waals surface area contributed by atoms with Gasteiger partial charge in [-0.25, -0.2) is 0 Å². The summed E-state index contributed by atoms with van der Waals surface area (Å²) in [6, 6.07) is -0.0360. The van der Waals surface area contributed by atoms with E-state index in [-0.39, 0.29) is 18.1 Å². The molecule has 2 aliphatic heterocycles. The van der Waals surface area contributed by atoms with Gasteiger partial charge in [0.1, 0.15) is 0 Å². The minimum absolute atomic E-state index is 0.0360. The summed E-state index contributed by atoms with van der Waals surface area (Å²) in [7, 11) is 0. The lowest BCUT2D eigenvalue weighted by molar-refractivity contribution is -0.130. The van der Waals surface area contributed by atoms with Crippen LogP contribution >= 0.6 is 0 Å². The lowest BCUT2D eigenvalue weighted by atomic mass is 9.98. The number of amides is 1.